The zero-order chi connectivity index (χ0) is 14.9. The Morgan fingerprint density at radius 3 is 2.68 bits per heavy atom. The predicted octanol–water partition coefficient (Wildman–Crippen LogP) is 4.61. The van der Waals surface area contributed by atoms with E-state index in [1.807, 2.05) is 18.8 Å². The molecule has 22 heavy (non-hydrogen) atoms. The molecule has 0 spiro atoms. The second-order valence-electron chi connectivity index (χ2n) is 5.15. The average molecular weight is 498 g/mol. The Kier molecular flexibility index (Phi) is 10.6. The van der Waals surface area contributed by atoms with Crippen LogP contribution in [0.25, 0.3) is 0 Å². The molecule has 1 aromatic rings. The zero-order valence-corrected chi connectivity index (χ0v) is 17.8. The van der Waals surface area contributed by atoms with Gasteiger partial charge < -0.3 is 10.2 Å². The minimum Gasteiger partial charge on any atom is -0.356 e. The van der Waals surface area contributed by atoms with Crippen LogP contribution in [0.5, 0.6) is 0 Å². The van der Waals surface area contributed by atoms with Gasteiger partial charge in [0.1, 0.15) is 0 Å². The van der Waals surface area contributed by atoms with E-state index in [0.29, 0.717) is 0 Å². The molecular weight excluding hydrogens is 473 g/mol. The molecule has 0 bridgehead atoms. The standard InChI is InChI=1S/C16H24BrN3S.HI/c1-18-16(20-11-5-6-12-20)19-10-4-7-13-21-15-9-3-2-8-14(15)17;/h2-3,8-9H,4-7,10-13H2,1H3,(H,18,19);1H. The number of likely N-dealkylation sites (tertiary alicyclic amines) is 1. The first-order chi connectivity index (χ1) is 10.3. The molecule has 1 heterocycles. The minimum absolute atomic E-state index is 0. The fraction of sp³-hybridized carbons (Fsp3) is 0.562. The summed E-state index contributed by atoms with van der Waals surface area (Å²) in [4.78, 5) is 8.06. The monoisotopic (exact) mass is 497 g/mol. The molecule has 0 atom stereocenters. The fourth-order valence-electron chi connectivity index (χ4n) is 2.43. The molecule has 0 amide bonds. The number of thioether (sulfide) groups is 1. The summed E-state index contributed by atoms with van der Waals surface area (Å²) in [5.74, 6) is 2.23. The minimum atomic E-state index is 0. The quantitative estimate of drug-likeness (QED) is 0.204. The van der Waals surface area contributed by atoms with Gasteiger partial charge in [-0.2, -0.15) is 0 Å². The molecule has 0 saturated carbocycles. The number of aliphatic imine (C=N–C) groups is 1. The average Bonchev–Trinajstić information content (AvgIpc) is 3.02. The van der Waals surface area contributed by atoms with Gasteiger partial charge in [-0.05, 0) is 59.5 Å². The Balaban J connectivity index is 0.00000242. The van der Waals surface area contributed by atoms with E-state index in [9.17, 15) is 0 Å². The van der Waals surface area contributed by atoms with E-state index in [-0.39, 0.29) is 24.0 Å². The van der Waals surface area contributed by atoms with Crippen LogP contribution in [-0.2, 0) is 0 Å². The van der Waals surface area contributed by atoms with Crippen molar-refractivity contribution in [1.29, 1.82) is 0 Å². The molecule has 0 aromatic heterocycles. The highest BCUT2D eigenvalue weighted by Gasteiger charge is 2.14. The molecule has 1 aliphatic rings. The van der Waals surface area contributed by atoms with Gasteiger partial charge in [-0.1, -0.05) is 12.1 Å². The molecule has 124 valence electrons. The Morgan fingerprint density at radius 1 is 1.27 bits per heavy atom. The summed E-state index contributed by atoms with van der Waals surface area (Å²) in [6.45, 7) is 3.31. The third-order valence-electron chi connectivity index (χ3n) is 3.57. The first-order valence-corrected chi connectivity index (χ1v) is 9.42. The lowest BCUT2D eigenvalue weighted by molar-refractivity contribution is 0.492. The van der Waals surface area contributed by atoms with Crippen LogP contribution in [0.3, 0.4) is 0 Å². The van der Waals surface area contributed by atoms with Crippen molar-refractivity contribution in [2.24, 2.45) is 4.99 Å². The highest BCUT2D eigenvalue weighted by molar-refractivity contribution is 14.0. The summed E-state index contributed by atoms with van der Waals surface area (Å²) >= 11 is 5.51. The number of rotatable bonds is 6. The zero-order valence-electron chi connectivity index (χ0n) is 13.1. The predicted molar refractivity (Wildman–Crippen MR) is 112 cm³/mol. The Morgan fingerprint density at radius 2 is 2.00 bits per heavy atom. The molecule has 0 unspecified atom stereocenters. The van der Waals surface area contributed by atoms with Gasteiger partial charge in [-0.15, -0.1) is 35.7 Å². The van der Waals surface area contributed by atoms with Crippen molar-refractivity contribution in [2.45, 2.75) is 30.6 Å². The summed E-state index contributed by atoms with van der Waals surface area (Å²) in [5.41, 5.74) is 0. The van der Waals surface area contributed by atoms with Crippen LogP contribution in [0.15, 0.2) is 38.6 Å². The molecule has 0 aliphatic carbocycles. The summed E-state index contributed by atoms with van der Waals surface area (Å²) in [6, 6.07) is 8.42. The SMILES string of the molecule is CN=C(NCCCCSc1ccccc1Br)N1CCCC1.I. The second-order valence-corrected chi connectivity index (χ2v) is 7.15. The fourth-order valence-corrected chi connectivity index (χ4v) is 4.01. The third kappa shape index (κ3) is 6.66. The maximum absolute atomic E-state index is 4.37. The highest BCUT2D eigenvalue weighted by Crippen LogP contribution is 2.27. The van der Waals surface area contributed by atoms with E-state index in [0.717, 1.165) is 31.3 Å². The molecule has 6 heteroatoms. The van der Waals surface area contributed by atoms with Crippen molar-refractivity contribution >= 4 is 57.6 Å². The molecule has 1 saturated heterocycles. The molecule has 1 fully saturated rings. The van der Waals surface area contributed by atoms with Crippen LogP contribution in [0.2, 0.25) is 0 Å². The number of nitrogens with zero attached hydrogens (tertiary/aromatic N) is 2. The Bertz CT molecular complexity index is 464. The van der Waals surface area contributed by atoms with Gasteiger partial charge in [-0.25, -0.2) is 0 Å². The number of hydrogen-bond donors (Lipinski definition) is 1. The van der Waals surface area contributed by atoms with Crippen LogP contribution in [0.1, 0.15) is 25.7 Å². The number of nitrogens with one attached hydrogen (secondary N) is 1. The van der Waals surface area contributed by atoms with Crippen LogP contribution in [0, 0.1) is 0 Å². The van der Waals surface area contributed by atoms with E-state index in [4.69, 9.17) is 0 Å². The van der Waals surface area contributed by atoms with Crippen LogP contribution in [-0.4, -0.2) is 43.3 Å². The smallest absolute Gasteiger partial charge is 0.193 e. The number of unbranched alkanes of at least 4 members (excludes halogenated alkanes) is 1. The van der Waals surface area contributed by atoms with Crippen LogP contribution in [0.4, 0.5) is 0 Å². The molecule has 3 nitrogen and oxygen atoms in total. The van der Waals surface area contributed by atoms with Gasteiger partial charge in [0.25, 0.3) is 0 Å². The third-order valence-corrected chi connectivity index (χ3v) is 5.68. The van der Waals surface area contributed by atoms with Gasteiger partial charge in [0, 0.05) is 36.1 Å². The maximum atomic E-state index is 4.37. The Hall–Kier alpha value is 0.0500. The lowest BCUT2D eigenvalue weighted by atomic mass is 10.3. The van der Waals surface area contributed by atoms with Crippen molar-refractivity contribution in [2.75, 3.05) is 32.4 Å². The lowest BCUT2D eigenvalue weighted by Gasteiger charge is -2.20. The van der Waals surface area contributed by atoms with Crippen molar-refractivity contribution in [3.8, 4) is 0 Å². The van der Waals surface area contributed by atoms with E-state index in [1.54, 1.807) is 0 Å². The van der Waals surface area contributed by atoms with Crippen molar-refractivity contribution < 1.29 is 0 Å². The second kappa shape index (κ2) is 11.6. The van der Waals surface area contributed by atoms with Crippen molar-refractivity contribution in [1.82, 2.24) is 10.2 Å². The van der Waals surface area contributed by atoms with Gasteiger partial charge in [0.05, 0.1) is 0 Å². The van der Waals surface area contributed by atoms with E-state index >= 15 is 0 Å². The Labute approximate surface area is 163 Å². The summed E-state index contributed by atoms with van der Waals surface area (Å²) < 4.78 is 1.20. The molecule has 0 radical (unpaired) electrons. The summed E-state index contributed by atoms with van der Waals surface area (Å²) in [5, 5.41) is 3.48. The van der Waals surface area contributed by atoms with E-state index in [2.05, 4.69) is 55.4 Å². The van der Waals surface area contributed by atoms with Crippen molar-refractivity contribution in [3.05, 3.63) is 28.7 Å². The van der Waals surface area contributed by atoms with E-state index in [1.165, 1.54) is 35.1 Å². The first-order valence-electron chi connectivity index (χ1n) is 7.64. The molecule has 1 aromatic carbocycles. The molecule has 2 rings (SSSR count). The molecule has 1 aliphatic heterocycles. The van der Waals surface area contributed by atoms with Gasteiger partial charge >= 0.3 is 0 Å². The summed E-state index contributed by atoms with van der Waals surface area (Å²) in [6.07, 6.45) is 4.99. The maximum Gasteiger partial charge on any atom is 0.193 e. The number of hydrogen-bond acceptors (Lipinski definition) is 2. The highest BCUT2D eigenvalue weighted by atomic mass is 127. The number of benzene rings is 1. The van der Waals surface area contributed by atoms with Crippen LogP contribution < -0.4 is 5.32 Å². The van der Waals surface area contributed by atoms with Gasteiger partial charge in [0.2, 0.25) is 0 Å². The topological polar surface area (TPSA) is 27.6 Å². The van der Waals surface area contributed by atoms with Crippen molar-refractivity contribution in [3.63, 3.8) is 0 Å². The van der Waals surface area contributed by atoms with Gasteiger partial charge in [0.15, 0.2) is 5.96 Å². The van der Waals surface area contributed by atoms with Gasteiger partial charge in [-0.3, -0.25) is 4.99 Å². The normalized spacial score (nSPS) is 14.8. The molecule has 1 N–H and O–H groups in total. The first kappa shape index (κ1) is 20.1. The number of guanidine groups is 1. The number of halogens is 2. The lowest BCUT2D eigenvalue weighted by Crippen LogP contribution is -2.39. The largest absolute Gasteiger partial charge is 0.356 e. The van der Waals surface area contributed by atoms with Crippen LogP contribution >= 0.6 is 51.7 Å². The van der Waals surface area contributed by atoms with E-state index < -0.39 is 0 Å². The molecular formula is C16H25BrIN3S. The summed E-state index contributed by atoms with van der Waals surface area (Å²) in [7, 11) is 1.88.